The summed E-state index contributed by atoms with van der Waals surface area (Å²) in [5, 5.41) is 18.4. The number of benzene rings is 1. The predicted molar refractivity (Wildman–Crippen MR) is 115 cm³/mol. The van der Waals surface area contributed by atoms with Crippen LogP contribution in [0.2, 0.25) is 0 Å². The third-order valence-electron chi connectivity index (χ3n) is 4.16. The molecular weight excluding hydrogens is 422 g/mol. The van der Waals surface area contributed by atoms with E-state index in [9.17, 15) is 24.3 Å². The lowest BCUT2D eigenvalue weighted by atomic mass is 10.1. The number of carbonyl (C=O) groups excluding carboxylic acids is 4. The van der Waals surface area contributed by atoms with Crippen molar-refractivity contribution in [2.45, 2.75) is 26.2 Å². The van der Waals surface area contributed by atoms with Gasteiger partial charge in [-0.2, -0.15) is 0 Å². The second kappa shape index (κ2) is 11.1. The van der Waals surface area contributed by atoms with E-state index in [0.29, 0.717) is 34.2 Å². The van der Waals surface area contributed by atoms with E-state index < -0.39 is 6.09 Å². The normalized spacial score (nSPS) is 10.3. The Bertz CT molecular complexity index is 955. The van der Waals surface area contributed by atoms with Crippen molar-refractivity contribution < 1.29 is 24.3 Å². The van der Waals surface area contributed by atoms with Crippen molar-refractivity contribution >= 4 is 46.0 Å². The monoisotopic (exact) mass is 446 g/mol. The molecule has 2 aromatic rings. The van der Waals surface area contributed by atoms with E-state index in [1.165, 1.54) is 11.8 Å². The lowest BCUT2D eigenvalue weighted by Gasteiger charge is -2.10. The Morgan fingerprint density at radius 1 is 1.06 bits per heavy atom. The van der Waals surface area contributed by atoms with E-state index in [1.54, 1.807) is 38.4 Å². The van der Waals surface area contributed by atoms with Crippen LogP contribution in [0, 0.1) is 0 Å². The zero-order valence-corrected chi connectivity index (χ0v) is 18.3. The van der Waals surface area contributed by atoms with Crippen molar-refractivity contribution in [2.75, 3.05) is 31.3 Å². The number of hydrogen-bond acceptors (Lipinski definition) is 7. The Morgan fingerprint density at radius 2 is 1.74 bits per heavy atom. The summed E-state index contributed by atoms with van der Waals surface area (Å²) < 4.78 is 0. The van der Waals surface area contributed by atoms with Crippen LogP contribution >= 0.6 is 11.3 Å². The molecule has 1 heterocycles. The van der Waals surface area contributed by atoms with Crippen LogP contribution < -0.4 is 21.1 Å². The second-order valence-electron chi connectivity index (χ2n) is 6.88. The van der Waals surface area contributed by atoms with Gasteiger partial charge in [0.15, 0.2) is 5.13 Å². The maximum atomic E-state index is 12.6. The third kappa shape index (κ3) is 7.70. The molecule has 0 radical (unpaired) electrons. The summed E-state index contributed by atoms with van der Waals surface area (Å²) in [6, 6.07) is 6.76. The standard InChI is InChI=1S/C20H25N5O5S/c1-12(26)22-19-24-15(9-6-13-4-7-14(8-5-13)23-20(29)30)17(31-19)18(28)21-11-10-16(27)25(2)3/h4-5,7-8,23H,6,9-11H2,1-3H3,(H,21,28)(H,29,30)(H,22,24,26)/p-1. The minimum Gasteiger partial charge on any atom is -0.530 e. The number of thiazole rings is 1. The van der Waals surface area contributed by atoms with E-state index in [1.807, 2.05) is 0 Å². The average molecular weight is 447 g/mol. The molecule has 2 rings (SSSR count). The zero-order valence-electron chi connectivity index (χ0n) is 17.5. The van der Waals surface area contributed by atoms with Gasteiger partial charge in [-0.05, 0) is 30.5 Å². The molecule has 4 amide bonds. The van der Waals surface area contributed by atoms with Gasteiger partial charge in [0.2, 0.25) is 11.8 Å². The molecule has 1 aromatic carbocycles. The molecule has 0 bridgehead atoms. The molecule has 0 aliphatic heterocycles. The van der Waals surface area contributed by atoms with Crippen LogP contribution in [0.5, 0.6) is 0 Å². The number of nitrogens with zero attached hydrogens (tertiary/aromatic N) is 2. The van der Waals surface area contributed by atoms with Gasteiger partial charge in [-0.1, -0.05) is 23.5 Å². The quantitative estimate of drug-likeness (QED) is 0.521. The highest BCUT2D eigenvalue weighted by Crippen LogP contribution is 2.25. The molecule has 31 heavy (non-hydrogen) atoms. The van der Waals surface area contributed by atoms with Gasteiger partial charge in [0.25, 0.3) is 5.91 Å². The topological polar surface area (TPSA) is 144 Å². The van der Waals surface area contributed by atoms with E-state index >= 15 is 0 Å². The number of rotatable bonds is 9. The first-order valence-electron chi connectivity index (χ1n) is 9.48. The molecular formula is C20H24N5O5S-. The zero-order chi connectivity index (χ0) is 23.0. The highest BCUT2D eigenvalue weighted by molar-refractivity contribution is 7.17. The lowest BCUT2D eigenvalue weighted by Crippen LogP contribution is -2.30. The van der Waals surface area contributed by atoms with Crippen LogP contribution in [0.4, 0.5) is 15.6 Å². The summed E-state index contributed by atoms with van der Waals surface area (Å²) in [5.74, 6) is -0.746. The number of nitrogens with one attached hydrogen (secondary N) is 3. The van der Waals surface area contributed by atoms with E-state index in [0.717, 1.165) is 16.9 Å². The first kappa shape index (κ1) is 23.8. The maximum absolute atomic E-state index is 12.6. The van der Waals surface area contributed by atoms with Crippen molar-refractivity contribution in [1.82, 2.24) is 15.2 Å². The lowest BCUT2D eigenvalue weighted by molar-refractivity contribution is -0.242. The Morgan fingerprint density at radius 3 is 2.32 bits per heavy atom. The molecule has 1 aromatic heterocycles. The first-order chi connectivity index (χ1) is 14.7. The Labute approximate surface area is 183 Å². The van der Waals surface area contributed by atoms with Crippen LogP contribution in [0.3, 0.4) is 0 Å². The fourth-order valence-corrected chi connectivity index (χ4v) is 3.60. The largest absolute Gasteiger partial charge is 0.530 e. The maximum Gasteiger partial charge on any atom is 0.263 e. The smallest absolute Gasteiger partial charge is 0.263 e. The minimum absolute atomic E-state index is 0.0969. The fourth-order valence-electron chi connectivity index (χ4n) is 2.62. The highest BCUT2D eigenvalue weighted by Gasteiger charge is 2.19. The minimum atomic E-state index is -1.39. The summed E-state index contributed by atoms with van der Waals surface area (Å²) in [6.45, 7) is 1.55. The Kier molecular flexibility index (Phi) is 8.50. The third-order valence-corrected chi connectivity index (χ3v) is 5.17. The summed E-state index contributed by atoms with van der Waals surface area (Å²) in [4.78, 5) is 52.4. The van der Waals surface area contributed by atoms with Crippen molar-refractivity contribution in [3.8, 4) is 0 Å². The number of amides is 4. The molecule has 10 nitrogen and oxygen atoms in total. The van der Waals surface area contributed by atoms with Crippen LogP contribution in [-0.2, 0) is 22.4 Å². The number of carboxylic acid groups (broad SMARTS) is 1. The molecule has 3 N–H and O–H groups in total. The second-order valence-corrected chi connectivity index (χ2v) is 7.88. The van der Waals surface area contributed by atoms with Crippen molar-refractivity contribution in [2.24, 2.45) is 0 Å². The number of anilines is 2. The van der Waals surface area contributed by atoms with E-state index in [4.69, 9.17) is 0 Å². The van der Waals surface area contributed by atoms with Crippen LogP contribution in [0.1, 0.15) is 34.3 Å². The molecule has 0 aliphatic carbocycles. The van der Waals surface area contributed by atoms with Crippen LogP contribution in [0.25, 0.3) is 0 Å². The van der Waals surface area contributed by atoms with Gasteiger partial charge in [0.05, 0.1) is 5.69 Å². The molecule has 0 saturated carbocycles. The van der Waals surface area contributed by atoms with E-state index in [-0.39, 0.29) is 30.7 Å². The number of aryl methyl sites for hydroxylation is 2. The number of aromatic nitrogens is 1. The van der Waals surface area contributed by atoms with Crippen molar-refractivity contribution in [3.05, 3.63) is 40.4 Å². The summed E-state index contributed by atoms with van der Waals surface area (Å²) >= 11 is 1.07. The molecule has 0 fully saturated rings. The van der Waals surface area contributed by atoms with Gasteiger partial charge >= 0.3 is 0 Å². The molecule has 166 valence electrons. The molecule has 0 spiro atoms. The summed E-state index contributed by atoms with van der Waals surface area (Å²) in [6.07, 6.45) is -0.224. The Balaban J connectivity index is 2.07. The van der Waals surface area contributed by atoms with Gasteiger partial charge in [0, 0.05) is 39.7 Å². The molecule has 0 unspecified atom stereocenters. The average Bonchev–Trinajstić information content (AvgIpc) is 3.08. The fraction of sp³-hybridized carbons (Fsp3) is 0.350. The summed E-state index contributed by atoms with van der Waals surface area (Å²) in [7, 11) is 3.29. The van der Waals surface area contributed by atoms with E-state index in [2.05, 4.69) is 20.9 Å². The SMILES string of the molecule is CC(=O)Nc1nc(CCc2ccc(NC(=O)[O-])cc2)c(C(=O)NCCC(=O)N(C)C)s1. The summed E-state index contributed by atoms with van der Waals surface area (Å²) in [5.41, 5.74) is 1.85. The van der Waals surface area contributed by atoms with Gasteiger partial charge in [-0.25, -0.2) is 4.98 Å². The number of carbonyl (C=O) groups is 4. The van der Waals surface area contributed by atoms with Crippen molar-refractivity contribution in [3.63, 3.8) is 0 Å². The number of hydrogen-bond donors (Lipinski definition) is 3. The Hall–Kier alpha value is -3.47. The predicted octanol–water partition coefficient (Wildman–Crippen LogP) is 0.850. The molecule has 0 atom stereocenters. The van der Waals surface area contributed by atoms with Gasteiger partial charge in [0.1, 0.15) is 11.0 Å². The van der Waals surface area contributed by atoms with Crippen molar-refractivity contribution in [1.29, 1.82) is 0 Å². The molecule has 0 aliphatic rings. The molecule has 0 saturated heterocycles. The first-order valence-corrected chi connectivity index (χ1v) is 10.3. The highest BCUT2D eigenvalue weighted by atomic mass is 32.1. The van der Waals surface area contributed by atoms with Gasteiger partial charge in [-0.15, -0.1) is 0 Å². The molecule has 11 heteroatoms. The van der Waals surface area contributed by atoms with Crippen LogP contribution in [-0.4, -0.2) is 54.3 Å². The van der Waals surface area contributed by atoms with Crippen LogP contribution in [0.15, 0.2) is 24.3 Å². The van der Waals surface area contributed by atoms with Gasteiger partial charge in [-0.3, -0.25) is 14.4 Å². The van der Waals surface area contributed by atoms with Gasteiger partial charge < -0.3 is 30.8 Å².